The third-order valence-corrected chi connectivity index (χ3v) is 7.97. The number of carbonyl (C=O) groups is 1. The van der Waals surface area contributed by atoms with Crippen LogP contribution in [-0.2, 0) is 20.4 Å². The fourth-order valence-corrected chi connectivity index (χ4v) is 5.60. The molecule has 1 aromatic heterocycles. The molecule has 1 N–H and O–H groups in total. The van der Waals surface area contributed by atoms with E-state index in [9.17, 15) is 13.2 Å². The fourth-order valence-electron chi connectivity index (χ4n) is 3.42. The monoisotopic (exact) mass is 542 g/mol. The minimum absolute atomic E-state index is 0.00530. The lowest BCUT2D eigenvalue weighted by Gasteiger charge is -2.12. The number of aromatic nitrogens is 3. The standard InChI is InChI=1S/C25H23ClN4O4S2/c1-17-8-11-20(12-9-17)36(32,33)16-23-28-29-25(30(23)19-6-4-3-5-7-19)35-15-24(31)27-21-14-18(26)10-13-22(21)34-2/h3-14H,15-16H2,1-2H3,(H,27,31). The van der Waals surface area contributed by atoms with Crippen LogP contribution in [0.1, 0.15) is 11.4 Å². The number of hydrogen-bond donors (Lipinski definition) is 1. The maximum absolute atomic E-state index is 13.1. The van der Waals surface area contributed by atoms with Gasteiger partial charge in [0.25, 0.3) is 0 Å². The first-order valence-electron chi connectivity index (χ1n) is 10.8. The van der Waals surface area contributed by atoms with E-state index in [1.54, 1.807) is 47.0 Å². The van der Waals surface area contributed by atoms with Gasteiger partial charge >= 0.3 is 0 Å². The molecule has 0 bridgehead atoms. The van der Waals surface area contributed by atoms with E-state index in [0.717, 1.165) is 17.3 Å². The van der Waals surface area contributed by atoms with Crippen LogP contribution in [0.3, 0.4) is 0 Å². The molecule has 0 saturated heterocycles. The molecule has 0 unspecified atom stereocenters. The summed E-state index contributed by atoms with van der Waals surface area (Å²) < 4.78 is 33.1. The predicted molar refractivity (Wildman–Crippen MR) is 141 cm³/mol. The second-order valence-electron chi connectivity index (χ2n) is 7.82. The van der Waals surface area contributed by atoms with E-state index in [1.807, 2.05) is 37.3 Å². The lowest BCUT2D eigenvalue weighted by molar-refractivity contribution is -0.113. The zero-order valence-electron chi connectivity index (χ0n) is 19.5. The van der Waals surface area contributed by atoms with E-state index in [2.05, 4.69) is 15.5 Å². The molecule has 0 aliphatic carbocycles. The Bertz CT molecular complexity index is 1470. The van der Waals surface area contributed by atoms with Gasteiger partial charge in [-0.3, -0.25) is 9.36 Å². The summed E-state index contributed by atoms with van der Waals surface area (Å²) in [5.74, 6) is 0.0856. The van der Waals surface area contributed by atoms with Crippen LogP contribution in [0.5, 0.6) is 5.75 Å². The lowest BCUT2D eigenvalue weighted by atomic mass is 10.2. The number of ether oxygens (including phenoxy) is 1. The first-order chi connectivity index (χ1) is 17.3. The molecule has 0 aliphatic rings. The highest BCUT2D eigenvalue weighted by atomic mass is 35.5. The number of hydrogen-bond acceptors (Lipinski definition) is 7. The second-order valence-corrected chi connectivity index (χ2v) is 11.2. The Morgan fingerprint density at radius 3 is 2.47 bits per heavy atom. The summed E-state index contributed by atoms with van der Waals surface area (Å²) in [6.07, 6.45) is 0. The van der Waals surface area contributed by atoms with Crippen LogP contribution in [0.15, 0.2) is 82.8 Å². The Kier molecular flexibility index (Phi) is 7.97. The van der Waals surface area contributed by atoms with Crippen molar-refractivity contribution in [1.82, 2.24) is 14.8 Å². The molecule has 3 aromatic carbocycles. The number of halogens is 1. The molecular weight excluding hydrogens is 520 g/mol. The summed E-state index contributed by atoms with van der Waals surface area (Å²) in [6.45, 7) is 1.89. The van der Waals surface area contributed by atoms with Crippen LogP contribution < -0.4 is 10.1 Å². The summed E-state index contributed by atoms with van der Waals surface area (Å²) in [7, 11) is -2.17. The lowest BCUT2D eigenvalue weighted by Crippen LogP contribution is -2.15. The predicted octanol–water partition coefficient (Wildman–Crippen LogP) is 4.94. The molecule has 0 radical (unpaired) electrons. The molecule has 11 heteroatoms. The number of methoxy groups -OCH3 is 1. The topological polar surface area (TPSA) is 103 Å². The van der Waals surface area contributed by atoms with E-state index in [1.165, 1.54) is 7.11 Å². The highest BCUT2D eigenvalue weighted by molar-refractivity contribution is 7.99. The van der Waals surface area contributed by atoms with Gasteiger partial charge in [-0.1, -0.05) is 59.3 Å². The molecular formula is C25H23ClN4O4S2. The van der Waals surface area contributed by atoms with Crippen molar-refractivity contribution in [2.24, 2.45) is 0 Å². The minimum atomic E-state index is -3.67. The van der Waals surface area contributed by atoms with Gasteiger partial charge in [-0.2, -0.15) is 0 Å². The van der Waals surface area contributed by atoms with Crippen molar-refractivity contribution in [3.63, 3.8) is 0 Å². The molecule has 4 aromatic rings. The number of benzene rings is 3. The molecule has 0 aliphatic heterocycles. The number of aryl methyl sites for hydroxylation is 1. The van der Waals surface area contributed by atoms with Crippen LogP contribution >= 0.6 is 23.4 Å². The molecule has 1 heterocycles. The average molecular weight is 543 g/mol. The summed E-state index contributed by atoms with van der Waals surface area (Å²) >= 11 is 7.18. The Morgan fingerprint density at radius 2 is 1.78 bits per heavy atom. The number of thioether (sulfide) groups is 1. The quantitative estimate of drug-likeness (QED) is 0.299. The average Bonchev–Trinajstić information content (AvgIpc) is 3.25. The van der Waals surface area contributed by atoms with Crippen LogP contribution in [0.4, 0.5) is 5.69 Å². The summed E-state index contributed by atoms with van der Waals surface area (Å²) in [5, 5.41) is 12.0. The smallest absolute Gasteiger partial charge is 0.234 e. The van der Waals surface area contributed by atoms with Crippen LogP contribution in [0.2, 0.25) is 5.02 Å². The molecule has 36 heavy (non-hydrogen) atoms. The van der Waals surface area contributed by atoms with Gasteiger partial charge in [-0.15, -0.1) is 10.2 Å². The van der Waals surface area contributed by atoms with E-state index in [-0.39, 0.29) is 28.1 Å². The van der Waals surface area contributed by atoms with E-state index in [4.69, 9.17) is 16.3 Å². The highest BCUT2D eigenvalue weighted by Crippen LogP contribution is 2.29. The zero-order valence-corrected chi connectivity index (χ0v) is 21.9. The maximum atomic E-state index is 13.1. The highest BCUT2D eigenvalue weighted by Gasteiger charge is 2.23. The molecule has 0 atom stereocenters. The van der Waals surface area contributed by atoms with E-state index >= 15 is 0 Å². The van der Waals surface area contributed by atoms with Gasteiger partial charge in [-0.05, 0) is 49.4 Å². The van der Waals surface area contributed by atoms with Crippen LogP contribution in [0.25, 0.3) is 5.69 Å². The van der Waals surface area contributed by atoms with Crippen LogP contribution in [-0.4, -0.2) is 42.0 Å². The molecule has 1 amide bonds. The van der Waals surface area contributed by atoms with Gasteiger partial charge in [0.1, 0.15) is 11.5 Å². The third kappa shape index (κ3) is 6.07. The van der Waals surface area contributed by atoms with Crippen molar-refractivity contribution in [2.75, 3.05) is 18.2 Å². The van der Waals surface area contributed by atoms with Crippen molar-refractivity contribution >= 4 is 44.8 Å². The number of nitrogens with zero attached hydrogens (tertiary/aromatic N) is 3. The molecule has 8 nitrogen and oxygen atoms in total. The summed E-state index contributed by atoms with van der Waals surface area (Å²) in [6, 6.07) is 20.8. The van der Waals surface area contributed by atoms with Gasteiger partial charge < -0.3 is 10.1 Å². The summed E-state index contributed by atoms with van der Waals surface area (Å²) in [5.41, 5.74) is 2.11. The van der Waals surface area contributed by atoms with Gasteiger partial charge in [0.15, 0.2) is 20.8 Å². The van der Waals surface area contributed by atoms with Crippen molar-refractivity contribution in [2.45, 2.75) is 22.7 Å². The Morgan fingerprint density at radius 1 is 1.06 bits per heavy atom. The first-order valence-corrected chi connectivity index (χ1v) is 13.8. The Balaban J connectivity index is 1.57. The van der Waals surface area contributed by atoms with E-state index < -0.39 is 9.84 Å². The van der Waals surface area contributed by atoms with Crippen molar-refractivity contribution in [3.8, 4) is 11.4 Å². The minimum Gasteiger partial charge on any atom is -0.495 e. The van der Waals surface area contributed by atoms with Gasteiger partial charge in [0, 0.05) is 10.7 Å². The number of sulfone groups is 1. The largest absolute Gasteiger partial charge is 0.495 e. The van der Waals surface area contributed by atoms with Gasteiger partial charge in [-0.25, -0.2) is 8.42 Å². The zero-order chi connectivity index (χ0) is 25.7. The third-order valence-electron chi connectivity index (χ3n) is 5.18. The maximum Gasteiger partial charge on any atom is 0.234 e. The second kappa shape index (κ2) is 11.2. The van der Waals surface area contributed by atoms with Crippen molar-refractivity contribution < 1.29 is 17.9 Å². The normalized spacial score (nSPS) is 11.3. The number of nitrogens with one attached hydrogen (secondary N) is 1. The van der Waals surface area contributed by atoms with Crippen molar-refractivity contribution in [3.05, 3.63) is 89.2 Å². The fraction of sp³-hybridized carbons (Fsp3) is 0.160. The molecule has 4 rings (SSSR count). The first kappa shape index (κ1) is 25.7. The van der Waals surface area contributed by atoms with Crippen molar-refractivity contribution in [1.29, 1.82) is 0 Å². The Hall–Kier alpha value is -3.34. The molecule has 0 spiro atoms. The number of para-hydroxylation sites is 1. The number of carbonyl (C=O) groups excluding carboxylic acids is 1. The Labute approximate surface area is 218 Å². The number of anilines is 1. The van der Waals surface area contributed by atoms with Crippen LogP contribution in [0, 0.1) is 6.92 Å². The molecule has 0 fully saturated rings. The SMILES string of the molecule is COc1ccc(Cl)cc1NC(=O)CSc1nnc(CS(=O)(=O)c2ccc(C)cc2)n1-c1ccccc1. The summed E-state index contributed by atoms with van der Waals surface area (Å²) in [4.78, 5) is 12.9. The molecule has 186 valence electrons. The number of amides is 1. The van der Waals surface area contributed by atoms with E-state index in [0.29, 0.717) is 27.3 Å². The van der Waals surface area contributed by atoms with Gasteiger partial charge in [0.05, 0.1) is 23.4 Å². The molecule has 0 saturated carbocycles. The number of rotatable bonds is 9. The van der Waals surface area contributed by atoms with Gasteiger partial charge in [0.2, 0.25) is 5.91 Å².